The lowest BCUT2D eigenvalue weighted by molar-refractivity contribution is 0.188. The fraction of sp³-hybridized carbons (Fsp3) is 0.375. The van der Waals surface area contributed by atoms with Crippen molar-refractivity contribution in [2.75, 3.05) is 0 Å². The van der Waals surface area contributed by atoms with Crippen LogP contribution in [0.1, 0.15) is 16.7 Å². The molecular formula is C8H13N2O5P. The van der Waals surface area contributed by atoms with Crippen LogP contribution in [0, 0.1) is 6.92 Å². The van der Waals surface area contributed by atoms with Crippen molar-refractivity contribution >= 4 is 7.82 Å². The van der Waals surface area contributed by atoms with E-state index in [0.29, 0.717) is 16.7 Å². The molecule has 0 amide bonds. The molecule has 0 radical (unpaired) electrons. The molecule has 0 aliphatic heterocycles. The first-order valence-electron chi connectivity index (χ1n) is 4.45. The van der Waals surface area contributed by atoms with Crippen molar-refractivity contribution in [2.24, 2.45) is 5.73 Å². The predicted molar refractivity (Wildman–Crippen MR) is 56.5 cm³/mol. The molecule has 1 rings (SSSR count). The van der Waals surface area contributed by atoms with Gasteiger partial charge in [0, 0.05) is 18.3 Å². The fourth-order valence-corrected chi connectivity index (χ4v) is 1.60. The topological polar surface area (TPSA) is 126 Å². The van der Waals surface area contributed by atoms with E-state index in [-0.39, 0.29) is 18.7 Å². The third-order valence-corrected chi connectivity index (χ3v) is 2.62. The first-order chi connectivity index (χ1) is 7.35. The van der Waals surface area contributed by atoms with E-state index >= 15 is 0 Å². The molecule has 0 aliphatic rings. The Kier molecular flexibility index (Phi) is 4.01. The summed E-state index contributed by atoms with van der Waals surface area (Å²) in [7, 11) is -4.52. The van der Waals surface area contributed by atoms with Gasteiger partial charge in [-0.05, 0) is 18.1 Å². The van der Waals surface area contributed by atoms with E-state index in [1.54, 1.807) is 6.92 Å². The van der Waals surface area contributed by atoms with Gasteiger partial charge in [-0.15, -0.1) is 0 Å². The van der Waals surface area contributed by atoms with Crippen LogP contribution in [0.5, 0.6) is 0 Å². The Balaban J connectivity index is 3.01. The molecule has 8 heteroatoms. The molecule has 0 spiro atoms. The number of hydrogen-bond acceptors (Lipinski definition) is 4. The van der Waals surface area contributed by atoms with Crippen LogP contribution in [0.4, 0.5) is 0 Å². The zero-order valence-electron chi connectivity index (χ0n) is 8.64. The van der Waals surface area contributed by atoms with Gasteiger partial charge in [0.1, 0.15) is 0 Å². The Bertz CT molecular complexity index is 478. The van der Waals surface area contributed by atoms with Crippen LogP contribution >= 0.6 is 7.82 Å². The van der Waals surface area contributed by atoms with Crippen molar-refractivity contribution in [3.05, 3.63) is 33.2 Å². The van der Waals surface area contributed by atoms with Crippen LogP contribution in [0.2, 0.25) is 0 Å². The third kappa shape index (κ3) is 3.26. The molecule has 0 bridgehead atoms. The maximum absolute atomic E-state index is 11.2. The molecule has 1 aromatic rings. The number of rotatable bonds is 4. The number of nitrogens with two attached hydrogens (primary N) is 1. The van der Waals surface area contributed by atoms with E-state index in [2.05, 4.69) is 9.51 Å². The van der Waals surface area contributed by atoms with Crippen molar-refractivity contribution in [1.82, 2.24) is 4.98 Å². The van der Waals surface area contributed by atoms with Gasteiger partial charge in [-0.3, -0.25) is 9.32 Å². The number of aromatic nitrogens is 1. The van der Waals surface area contributed by atoms with Gasteiger partial charge in [-0.2, -0.15) is 0 Å². The molecule has 0 aromatic carbocycles. The molecular weight excluding hydrogens is 235 g/mol. The smallest absolute Gasteiger partial charge is 0.329 e. The van der Waals surface area contributed by atoms with Crippen molar-refractivity contribution in [2.45, 2.75) is 20.1 Å². The van der Waals surface area contributed by atoms with Gasteiger partial charge in [0.2, 0.25) is 0 Å². The number of nitrogens with one attached hydrogen (secondary N) is 1. The lowest BCUT2D eigenvalue weighted by atomic mass is 10.1. The maximum Gasteiger partial charge on any atom is 0.469 e. The van der Waals surface area contributed by atoms with Crippen LogP contribution in [0.3, 0.4) is 0 Å². The highest BCUT2D eigenvalue weighted by Crippen LogP contribution is 2.37. The number of aromatic amines is 1. The molecule has 16 heavy (non-hydrogen) atoms. The minimum absolute atomic E-state index is 0.107. The van der Waals surface area contributed by atoms with Crippen molar-refractivity contribution in [1.29, 1.82) is 0 Å². The van der Waals surface area contributed by atoms with E-state index in [0.717, 1.165) is 0 Å². The quantitative estimate of drug-likeness (QED) is 0.544. The molecule has 90 valence electrons. The Labute approximate surface area is 91.5 Å². The second kappa shape index (κ2) is 4.90. The summed E-state index contributed by atoms with van der Waals surface area (Å²) in [5, 5.41) is 0. The average molecular weight is 248 g/mol. The largest absolute Gasteiger partial charge is 0.469 e. The molecule has 5 N–H and O–H groups in total. The number of phosphoric ester groups is 1. The minimum atomic E-state index is -4.52. The number of hydrogen-bond donors (Lipinski definition) is 4. The number of pyridine rings is 1. The summed E-state index contributed by atoms with van der Waals surface area (Å²) in [6, 6.07) is 0. The second-order valence-corrected chi connectivity index (χ2v) is 4.45. The standard InChI is InChI=1S/C8H13N2O5P/c1-5-7(2-9)6(3-10-8(5)11)4-15-16(12,13)14/h3H,2,4,9H2,1H3,(H,10,11)(H2,12,13,14). The van der Waals surface area contributed by atoms with Gasteiger partial charge in [0.05, 0.1) is 6.61 Å². The summed E-state index contributed by atoms with van der Waals surface area (Å²) in [5.74, 6) is 0. The zero-order chi connectivity index (χ0) is 12.3. The predicted octanol–water partition coefficient (Wildman–Crippen LogP) is -0.249. The van der Waals surface area contributed by atoms with E-state index < -0.39 is 7.82 Å². The van der Waals surface area contributed by atoms with Gasteiger partial charge >= 0.3 is 7.82 Å². The van der Waals surface area contributed by atoms with E-state index in [1.807, 2.05) is 0 Å². The lowest BCUT2D eigenvalue weighted by Crippen LogP contribution is -2.17. The highest BCUT2D eigenvalue weighted by molar-refractivity contribution is 7.46. The molecule has 0 atom stereocenters. The molecule has 0 aliphatic carbocycles. The number of phosphoric acid groups is 1. The normalized spacial score (nSPS) is 11.8. The summed E-state index contributed by atoms with van der Waals surface area (Å²) in [5.41, 5.74) is 6.61. The molecule has 7 nitrogen and oxygen atoms in total. The van der Waals surface area contributed by atoms with Gasteiger partial charge in [0.25, 0.3) is 5.56 Å². The van der Waals surface area contributed by atoms with Crippen LogP contribution in [0.15, 0.2) is 11.0 Å². The Morgan fingerprint density at radius 3 is 2.69 bits per heavy atom. The summed E-state index contributed by atoms with van der Waals surface area (Å²) < 4.78 is 14.9. The summed E-state index contributed by atoms with van der Waals surface area (Å²) >= 11 is 0. The first-order valence-corrected chi connectivity index (χ1v) is 5.98. The monoisotopic (exact) mass is 248 g/mol. The molecule has 0 unspecified atom stereocenters. The SMILES string of the molecule is Cc1c(CN)c(COP(=O)(O)O)c[nH]c1=O. The van der Waals surface area contributed by atoms with Gasteiger partial charge in [-0.1, -0.05) is 0 Å². The molecule has 0 saturated heterocycles. The van der Waals surface area contributed by atoms with E-state index in [1.165, 1.54) is 6.20 Å². The van der Waals surface area contributed by atoms with Crippen LogP contribution in [-0.2, 0) is 22.2 Å². The lowest BCUT2D eigenvalue weighted by Gasteiger charge is -2.10. The van der Waals surface area contributed by atoms with Crippen molar-refractivity contribution in [3.8, 4) is 0 Å². The fourth-order valence-electron chi connectivity index (χ4n) is 1.29. The Morgan fingerprint density at radius 1 is 1.56 bits per heavy atom. The maximum atomic E-state index is 11.2. The van der Waals surface area contributed by atoms with E-state index in [4.69, 9.17) is 15.5 Å². The summed E-state index contributed by atoms with van der Waals surface area (Å²) in [6.45, 7) is 1.39. The number of H-pyrrole nitrogens is 1. The van der Waals surface area contributed by atoms with Gasteiger partial charge in [-0.25, -0.2) is 4.57 Å². The highest BCUT2D eigenvalue weighted by Gasteiger charge is 2.16. The molecule has 0 fully saturated rings. The highest BCUT2D eigenvalue weighted by atomic mass is 31.2. The summed E-state index contributed by atoms with van der Waals surface area (Å²) in [6.07, 6.45) is 1.34. The third-order valence-electron chi connectivity index (χ3n) is 2.15. The molecule has 1 heterocycles. The van der Waals surface area contributed by atoms with Crippen LogP contribution in [0.25, 0.3) is 0 Å². The minimum Gasteiger partial charge on any atom is -0.329 e. The zero-order valence-corrected chi connectivity index (χ0v) is 9.53. The van der Waals surface area contributed by atoms with Crippen molar-refractivity contribution < 1.29 is 18.9 Å². The van der Waals surface area contributed by atoms with Crippen molar-refractivity contribution in [3.63, 3.8) is 0 Å². The van der Waals surface area contributed by atoms with Gasteiger partial charge in [0.15, 0.2) is 0 Å². The van der Waals surface area contributed by atoms with Crippen LogP contribution in [-0.4, -0.2) is 14.8 Å². The Hall–Kier alpha value is -0.980. The van der Waals surface area contributed by atoms with Crippen LogP contribution < -0.4 is 11.3 Å². The summed E-state index contributed by atoms with van der Waals surface area (Å²) in [4.78, 5) is 30.8. The Morgan fingerprint density at radius 2 is 2.19 bits per heavy atom. The second-order valence-electron chi connectivity index (χ2n) is 3.21. The van der Waals surface area contributed by atoms with Gasteiger partial charge < -0.3 is 20.5 Å². The average Bonchev–Trinajstić information content (AvgIpc) is 2.18. The molecule has 0 saturated carbocycles. The van der Waals surface area contributed by atoms with E-state index in [9.17, 15) is 9.36 Å². The first kappa shape index (κ1) is 13.1. The molecule has 1 aromatic heterocycles.